The molecule has 1 aliphatic heterocycles. The highest BCUT2D eigenvalue weighted by atomic mass is 32.2. The van der Waals surface area contributed by atoms with Gasteiger partial charge in [0.1, 0.15) is 15.9 Å². The smallest absolute Gasteiger partial charge is 0.416 e. The highest BCUT2D eigenvalue weighted by Gasteiger charge is 2.41. The van der Waals surface area contributed by atoms with Crippen molar-refractivity contribution in [3.8, 4) is 6.07 Å². The summed E-state index contributed by atoms with van der Waals surface area (Å²) >= 11 is 0. The number of halogens is 3. The van der Waals surface area contributed by atoms with Crippen LogP contribution in [0.15, 0.2) is 58.5 Å². The van der Waals surface area contributed by atoms with E-state index in [1.54, 1.807) is 25.1 Å². The third-order valence-corrected chi connectivity index (χ3v) is 9.06. The quantitative estimate of drug-likeness (QED) is 0.177. The van der Waals surface area contributed by atoms with Gasteiger partial charge >= 0.3 is 17.8 Å². The molecular formula is C32H37F3N6O7S. The highest BCUT2D eigenvalue weighted by molar-refractivity contribution is 7.90. The van der Waals surface area contributed by atoms with Gasteiger partial charge in [0.15, 0.2) is 0 Å². The number of H-pyrrole nitrogens is 1. The minimum Gasteiger partial charge on any atom is -0.554 e. The first-order valence-electron chi connectivity index (χ1n) is 14.9. The van der Waals surface area contributed by atoms with Crippen LogP contribution in [0.4, 0.5) is 24.8 Å². The predicted molar refractivity (Wildman–Crippen MR) is 171 cm³/mol. The van der Waals surface area contributed by atoms with Gasteiger partial charge in [-0.15, -0.1) is 5.10 Å². The summed E-state index contributed by atoms with van der Waals surface area (Å²) in [6.45, 7) is 2.35. The van der Waals surface area contributed by atoms with Crippen molar-refractivity contribution in [2.24, 2.45) is 0 Å². The van der Waals surface area contributed by atoms with Crippen molar-refractivity contribution in [2.45, 2.75) is 38.4 Å². The fourth-order valence-corrected chi connectivity index (χ4v) is 6.45. The summed E-state index contributed by atoms with van der Waals surface area (Å²) in [6.07, 6.45) is -1.86. The molecule has 4 rings (SSSR count). The zero-order chi connectivity index (χ0) is 36.7. The molecule has 1 atom stereocenters. The highest BCUT2D eigenvalue weighted by Crippen LogP contribution is 2.43. The molecule has 17 heteroatoms. The summed E-state index contributed by atoms with van der Waals surface area (Å²) in [6, 6.07) is 10.4. The number of benzene rings is 2. The minimum absolute atomic E-state index is 0.0127. The molecule has 0 aliphatic carbocycles. The van der Waals surface area contributed by atoms with Crippen LogP contribution >= 0.6 is 0 Å². The summed E-state index contributed by atoms with van der Waals surface area (Å²) in [4.78, 5) is 36.3. The second-order valence-electron chi connectivity index (χ2n) is 12.1. The third kappa shape index (κ3) is 9.36. The molecule has 1 unspecified atom stereocenters. The van der Waals surface area contributed by atoms with E-state index in [-0.39, 0.29) is 28.7 Å². The second kappa shape index (κ2) is 15.5. The fourth-order valence-electron chi connectivity index (χ4n) is 5.80. The number of methoxy groups -OCH3 is 1. The van der Waals surface area contributed by atoms with E-state index in [9.17, 15) is 36.4 Å². The maximum atomic E-state index is 13.6. The number of hydrogen-bond acceptors (Lipinski definition) is 10. The van der Waals surface area contributed by atoms with Crippen LogP contribution in [-0.4, -0.2) is 86.4 Å². The Morgan fingerprint density at radius 2 is 1.84 bits per heavy atom. The number of aromatic nitrogens is 3. The van der Waals surface area contributed by atoms with Crippen molar-refractivity contribution >= 4 is 33.9 Å². The molecule has 1 aromatic heterocycles. The van der Waals surface area contributed by atoms with Crippen LogP contribution in [0.1, 0.15) is 48.1 Å². The van der Waals surface area contributed by atoms with E-state index >= 15 is 0 Å². The van der Waals surface area contributed by atoms with Gasteiger partial charge in [-0.3, -0.25) is 4.90 Å². The predicted octanol–water partition coefficient (Wildman–Crippen LogP) is 2.46. The zero-order valence-electron chi connectivity index (χ0n) is 27.6. The normalized spacial score (nSPS) is 14.8. The van der Waals surface area contributed by atoms with Gasteiger partial charge in [-0.05, 0) is 54.8 Å². The van der Waals surface area contributed by atoms with Crippen LogP contribution in [-0.2, 0) is 36.8 Å². The molecule has 0 saturated carbocycles. The number of hydrogen-bond donors (Lipinski definition) is 1. The number of quaternary nitrogens is 1. The number of anilines is 2. The van der Waals surface area contributed by atoms with Gasteiger partial charge in [0, 0.05) is 37.0 Å². The number of rotatable bonds is 11. The largest absolute Gasteiger partial charge is 0.554 e. The molecule has 2 aromatic carbocycles. The molecular weight excluding hydrogens is 669 g/mol. The number of alkyl halides is 3. The third-order valence-electron chi connectivity index (χ3n) is 8.03. The molecule has 0 amide bonds. The molecule has 0 saturated heterocycles. The van der Waals surface area contributed by atoms with Gasteiger partial charge in [-0.1, -0.05) is 12.1 Å². The Morgan fingerprint density at radius 3 is 2.43 bits per heavy atom. The Morgan fingerprint density at radius 1 is 1.18 bits per heavy atom. The van der Waals surface area contributed by atoms with Crippen LogP contribution in [0.2, 0.25) is 0 Å². The SMILES string of the molecule is COC(=O)C1=C(C)N(c2cccc(C(F)(F)F)c2)c2n[nH]c(=O)n2C1c1ccc(C#N)cc1CCC[N+](C)(C)CCCS(C)(=O)=O.O=C[O-]. The Hall–Kier alpha value is -4.95. The van der Waals surface area contributed by atoms with Crippen molar-refractivity contribution < 1.29 is 45.5 Å². The molecule has 0 radical (unpaired) electrons. The van der Waals surface area contributed by atoms with Crippen molar-refractivity contribution in [3.63, 3.8) is 0 Å². The van der Waals surface area contributed by atoms with E-state index in [4.69, 9.17) is 14.6 Å². The summed E-state index contributed by atoms with van der Waals surface area (Å²) in [5.74, 6) is -0.734. The topological polar surface area (TPSA) is 178 Å². The molecule has 2 heterocycles. The Bertz CT molecular complexity index is 1930. The Balaban J connectivity index is 0.00000209. The molecule has 264 valence electrons. The van der Waals surface area contributed by atoms with Gasteiger partial charge in [-0.2, -0.15) is 18.4 Å². The minimum atomic E-state index is -4.64. The molecule has 0 fully saturated rings. The lowest BCUT2D eigenvalue weighted by Gasteiger charge is -2.36. The number of sulfone groups is 1. The number of carbonyl (C=O) groups is 2. The van der Waals surface area contributed by atoms with Crippen LogP contribution in [0, 0.1) is 11.3 Å². The lowest BCUT2D eigenvalue weighted by atomic mass is 9.88. The number of aromatic amines is 1. The fraction of sp³-hybridized carbons (Fsp3) is 0.406. The van der Waals surface area contributed by atoms with E-state index in [2.05, 4.69) is 16.3 Å². The zero-order valence-corrected chi connectivity index (χ0v) is 28.4. The van der Waals surface area contributed by atoms with Crippen LogP contribution < -0.4 is 15.7 Å². The molecule has 0 bridgehead atoms. The average molecular weight is 707 g/mol. The van der Waals surface area contributed by atoms with Gasteiger partial charge in [0.2, 0.25) is 5.95 Å². The van der Waals surface area contributed by atoms with E-state index in [0.717, 1.165) is 12.1 Å². The first-order valence-corrected chi connectivity index (χ1v) is 17.0. The van der Waals surface area contributed by atoms with E-state index in [1.807, 2.05) is 14.1 Å². The first kappa shape index (κ1) is 38.5. The van der Waals surface area contributed by atoms with Gasteiger partial charge in [-0.25, -0.2) is 27.7 Å². The number of allylic oxidation sites excluding steroid dienone is 1. The Labute approximate surface area is 281 Å². The second-order valence-corrected chi connectivity index (χ2v) is 14.3. The summed E-state index contributed by atoms with van der Waals surface area (Å²) in [5, 5.41) is 24.4. The number of nitrogens with one attached hydrogen (secondary N) is 1. The average Bonchev–Trinajstić information content (AvgIpc) is 3.39. The summed E-state index contributed by atoms with van der Waals surface area (Å²) < 4.78 is 71.0. The van der Waals surface area contributed by atoms with E-state index in [1.165, 1.54) is 35.0 Å². The Kier molecular flexibility index (Phi) is 12.2. The lowest BCUT2D eigenvalue weighted by Crippen LogP contribution is -2.42. The number of fused-ring (bicyclic) bond motifs is 1. The molecule has 13 nitrogen and oxygen atoms in total. The maximum Gasteiger partial charge on any atom is 0.416 e. The number of nitriles is 1. The molecule has 49 heavy (non-hydrogen) atoms. The number of aryl methyl sites for hydroxylation is 1. The number of nitrogens with zero attached hydrogens (tertiary/aromatic N) is 5. The van der Waals surface area contributed by atoms with Crippen molar-refractivity contribution in [1.29, 1.82) is 5.26 Å². The first-order chi connectivity index (χ1) is 22.9. The van der Waals surface area contributed by atoms with Crippen LogP contribution in [0.25, 0.3) is 0 Å². The van der Waals surface area contributed by atoms with Gasteiger partial charge in [0.25, 0.3) is 0 Å². The molecule has 0 spiro atoms. The maximum absolute atomic E-state index is 13.6. The number of carboxylic acid groups (broad SMARTS) is 1. The van der Waals surface area contributed by atoms with Crippen molar-refractivity contribution in [3.05, 3.63) is 86.5 Å². The monoisotopic (exact) mass is 706 g/mol. The standard InChI is InChI=1S/C31H35F3N6O5S.CH2O2/c1-20-26(28(41)45-4)27(39-29(36-37-30(39)42)38(20)24-11-6-10-23(18-24)31(32,33)34)25-13-12-21(19-35)17-22(25)9-7-14-40(2,3)15-8-16-46(5,43)44;2-1-3/h6,10-13,17-18,27H,7-9,14-16H2,1-5H3;1H,(H,2,3). The molecule has 1 N–H and O–H groups in total. The van der Waals surface area contributed by atoms with Gasteiger partial charge in [0.05, 0.1) is 62.8 Å². The summed E-state index contributed by atoms with van der Waals surface area (Å²) in [5.41, 5.74) is 0.197. The number of carbonyl (C=O) groups excluding carboxylic acids is 2. The lowest BCUT2D eigenvalue weighted by molar-refractivity contribution is -0.890. The molecule has 3 aromatic rings. The summed E-state index contributed by atoms with van der Waals surface area (Å²) in [7, 11) is 2.09. The van der Waals surface area contributed by atoms with Crippen LogP contribution in [0.5, 0.6) is 0 Å². The van der Waals surface area contributed by atoms with Gasteiger partial charge < -0.3 is 19.1 Å². The molecule has 1 aliphatic rings. The van der Waals surface area contributed by atoms with Crippen molar-refractivity contribution in [1.82, 2.24) is 14.8 Å². The number of ether oxygens (including phenoxy) is 1. The number of esters is 1. The van der Waals surface area contributed by atoms with Crippen LogP contribution in [0.3, 0.4) is 0 Å². The van der Waals surface area contributed by atoms with E-state index < -0.39 is 45.8 Å². The van der Waals surface area contributed by atoms with Crippen molar-refractivity contribution in [2.75, 3.05) is 51.2 Å². The van der Waals surface area contributed by atoms with E-state index in [0.29, 0.717) is 53.5 Å².